The highest BCUT2D eigenvalue weighted by Gasteiger charge is 2.01. The molecular weight excluding hydrogens is 228 g/mol. The average Bonchev–Trinajstić information content (AvgIpc) is 2.75. The molecule has 0 aliphatic carbocycles. The molecule has 2 rings (SSSR count). The highest BCUT2D eigenvalue weighted by Crippen LogP contribution is 2.07. The van der Waals surface area contributed by atoms with Crippen molar-refractivity contribution in [2.24, 2.45) is 7.05 Å². The Morgan fingerprint density at radius 1 is 1.33 bits per heavy atom. The Morgan fingerprint density at radius 3 is 2.83 bits per heavy atom. The fourth-order valence-electron chi connectivity index (χ4n) is 1.58. The van der Waals surface area contributed by atoms with E-state index in [0.29, 0.717) is 5.95 Å². The topological polar surface area (TPSA) is 58.9 Å². The fraction of sp³-hybridized carbons (Fsp3) is 0.417. The maximum atomic E-state index is 4.39. The lowest BCUT2D eigenvalue weighted by Crippen LogP contribution is -2.14. The SMILES string of the molecule is CN(C)c1nccc(NCCc2ccn(C)n2)n1. The van der Waals surface area contributed by atoms with E-state index in [9.17, 15) is 0 Å². The summed E-state index contributed by atoms with van der Waals surface area (Å²) in [6.45, 7) is 0.806. The monoisotopic (exact) mass is 246 g/mol. The standard InChI is InChI=1S/C12H18N6/c1-17(2)12-14-8-5-11(15-12)13-7-4-10-6-9-18(3)16-10/h5-6,8-9H,4,7H2,1-3H3,(H,13,14,15). The molecule has 0 atom stereocenters. The van der Waals surface area contributed by atoms with E-state index in [4.69, 9.17) is 0 Å². The van der Waals surface area contributed by atoms with Gasteiger partial charge in [0.05, 0.1) is 5.69 Å². The molecule has 0 aliphatic heterocycles. The van der Waals surface area contributed by atoms with E-state index in [1.54, 1.807) is 6.20 Å². The van der Waals surface area contributed by atoms with Crippen LogP contribution in [0.4, 0.5) is 11.8 Å². The Bertz CT molecular complexity index is 505. The molecule has 2 heterocycles. The molecule has 0 aliphatic rings. The summed E-state index contributed by atoms with van der Waals surface area (Å²) in [7, 11) is 5.77. The molecule has 0 radical (unpaired) electrons. The third-order valence-corrected chi connectivity index (χ3v) is 2.50. The Hall–Kier alpha value is -2.11. The van der Waals surface area contributed by atoms with E-state index in [2.05, 4.69) is 20.4 Å². The molecule has 96 valence electrons. The largest absolute Gasteiger partial charge is 0.370 e. The van der Waals surface area contributed by atoms with Crippen LogP contribution in [0.25, 0.3) is 0 Å². The van der Waals surface area contributed by atoms with Crippen LogP contribution >= 0.6 is 0 Å². The molecule has 2 aromatic rings. The Labute approximate surface area is 107 Å². The molecule has 18 heavy (non-hydrogen) atoms. The molecule has 6 nitrogen and oxygen atoms in total. The maximum absolute atomic E-state index is 4.39. The first-order chi connectivity index (χ1) is 8.65. The van der Waals surface area contributed by atoms with E-state index in [1.807, 2.05) is 49.1 Å². The van der Waals surface area contributed by atoms with Gasteiger partial charge in [-0.05, 0) is 12.1 Å². The summed E-state index contributed by atoms with van der Waals surface area (Å²) in [6, 6.07) is 3.89. The first kappa shape index (κ1) is 12.3. The molecule has 0 spiro atoms. The third kappa shape index (κ3) is 3.19. The quantitative estimate of drug-likeness (QED) is 0.850. The van der Waals surface area contributed by atoms with E-state index in [1.165, 1.54) is 0 Å². The van der Waals surface area contributed by atoms with Gasteiger partial charge in [-0.25, -0.2) is 4.98 Å². The van der Waals surface area contributed by atoms with Crippen LogP contribution in [0.5, 0.6) is 0 Å². The Morgan fingerprint density at radius 2 is 2.17 bits per heavy atom. The van der Waals surface area contributed by atoms with Crippen LogP contribution in [0.1, 0.15) is 5.69 Å². The Kier molecular flexibility index (Phi) is 3.76. The molecule has 0 saturated heterocycles. The lowest BCUT2D eigenvalue weighted by molar-refractivity contribution is 0.742. The minimum Gasteiger partial charge on any atom is -0.370 e. The van der Waals surface area contributed by atoms with Gasteiger partial charge in [0.1, 0.15) is 5.82 Å². The minimum absolute atomic E-state index is 0.706. The second-order valence-electron chi connectivity index (χ2n) is 4.29. The molecule has 0 unspecified atom stereocenters. The molecule has 0 saturated carbocycles. The van der Waals surface area contributed by atoms with Crippen molar-refractivity contribution in [2.45, 2.75) is 6.42 Å². The fourth-order valence-corrected chi connectivity index (χ4v) is 1.58. The van der Waals surface area contributed by atoms with Crippen LogP contribution < -0.4 is 10.2 Å². The first-order valence-electron chi connectivity index (χ1n) is 5.88. The van der Waals surface area contributed by atoms with Gasteiger partial charge in [-0.15, -0.1) is 0 Å². The minimum atomic E-state index is 0.706. The maximum Gasteiger partial charge on any atom is 0.226 e. The van der Waals surface area contributed by atoms with Crippen LogP contribution in [0.15, 0.2) is 24.5 Å². The molecule has 0 bridgehead atoms. The lowest BCUT2D eigenvalue weighted by atomic mass is 10.3. The van der Waals surface area contributed by atoms with Crippen LogP contribution in [0.3, 0.4) is 0 Å². The van der Waals surface area contributed by atoms with Gasteiger partial charge in [0.15, 0.2) is 0 Å². The number of nitrogens with one attached hydrogen (secondary N) is 1. The van der Waals surface area contributed by atoms with Crippen LogP contribution in [0.2, 0.25) is 0 Å². The van der Waals surface area contributed by atoms with Gasteiger partial charge in [0.2, 0.25) is 5.95 Å². The van der Waals surface area contributed by atoms with Gasteiger partial charge < -0.3 is 10.2 Å². The van der Waals surface area contributed by atoms with Gasteiger partial charge >= 0.3 is 0 Å². The zero-order valence-electron chi connectivity index (χ0n) is 11.0. The van der Waals surface area contributed by atoms with Crippen LogP contribution in [-0.4, -0.2) is 40.4 Å². The summed E-state index contributed by atoms with van der Waals surface area (Å²) in [5.74, 6) is 1.54. The Balaban J connectivity index is 1.88. The lowest BCUT2D eigenvalue weighted by Gasteiger charge is -2.11. The van der Waals surface area contributed by atoms with Crippen molar-refractivity contribution in [1.29, 1.82) is 0 Å². The highest BCUT2D eigenvalue weighted by atomic mass is 15.2. The van der Waals surface area contributed by atoms with Gasteiger partial charge in [-0.3, -0.25) is 4.68 Å². The normalized spacial score (nSPS) is 10.4. The van der Waals surface area contributed by atoms with Crippen molar-refractivity contribution in [1.82, 2.24) is 19.7 Å². The number of nitrogens with zero attached hydrogens (tertiary/aromatic N) is 5. The van der Waals surface area contributed by atoms with Crippen molar-refractivity contribution in [2.75, 3.05) is 30.9 Å². The van der Waals surface area contributed by atoms with E-state index >= 15 is 0 Å². The van der Waals surface area contributed by atoms with Gasteiger partial charge in [-0.2, -0.15) is 10.1 Å². The number of hydrogen-bond donors (Lipinski definition) is 1. The van der Waals surface area contributed by atoms with E-state index < -0.39 is 0 Å². The number of aryl methyl sites for hydroxylation is 1. The van der Waals surface area contributed by atoms with E-state index in [-0.39, 0.29) is 0 Å². The summed E-state index contributed by atoms with van der Waals surface area (Å²) < 4.78 is 1.81. The zero-order chi connectivity index (χ0) is 13.0. The molecule has 6 heteroatoms. The average molecular weight is 246 g/mol. The summed E-state index contributed by atoms with van der Waals surface area (Å²) in [6.07, 6.45) is 4.58. The predicted molar refractivity (Wildman–Crippen MR) is 71.8 cm³/mol. The number of anilines is 2. The highest BCUT2D eigenvalue weighted by molar-refractivity contribution is 5.40. The van der Waals surface area contributed by atoms with Crippen molar-refractivity contribution in [3.63, 3.8) is 0 Å². The van der Waals surface area contributed by atoms with Crippen molar-refractivity contribution < 1.29 is 0 Å². The van der Waals surface area contributed by atoms with Gasteiger partial charge in [0, 0.05) is 46.5 Å². The molecule has 0 amide bonds. The van der Waals surface area contributed by atoms with Crippen LogP contribution in [0, 0.1) is 0 Å². The van der Waals surface area contributed by atoms with Crippen molar-refractivity contribution >= 4 is 11.8 Å². The second kappa shape index (κ2) is 5.48. The zero-order valence-corrected chi connectivity index (χ0v) is 11.0. The molecule has 0 aromatic carbocycles. The summed E-state index contributed by atoms with van der Waals surface area (Å²) in [4.78, 5) is 10.4. The van der Waals surface area contributed by atoms with Crippen molar-refractivity contribution in [3.8, 4) is 0 Å². The molecule has 1 N–H and O–H groups in total. The van der Waals surface area contributed by atoms with E-state index in [0.717, 1.165) is 24.5 Å². The summed E-state index contributed by atoms with van der Waals surface area (Å²) >= 11 is 0. The summed E-state index contributed by atoms with van der Waals surface area (Å²) in [5.41, 5.74) is 1.08. The van der Waals surface area contributed by atoms with Crippen LogP contribution in [-0.2, 0) is 13.5 Å². The number of rotatable bonds is 5. The number of hydrogen-bond acceptors (Lipinski definition) is 5. The molecular formula is C12H18N6. The van der Waals surface area contributed by atoms with Gasteiger partial charge in [0.25, 0.3) is 0 Å². The second-order valence-corrected chi connectivity index (χ2v) is 4.29. The van der Waals surface area contributed by atoms with Gasteiger partial charge in [-0.1, -0.05) is 0 Å². The first-order valence-corrected chi connectivity index (χ1v) is 5.88. The number of aromatic nitrogens is 4. The predicted octanol–water partition coefficient (Wildman–Crippen LogP) is 0.931. The molecule has 0 fully saturated rings. The van der Waals surface area contributed by atoms with Crippen molar-refractivity contribution in [3.05, 3.63) is 30.2 Å². The molecule has 2 aromatic heterocycles. The summed E-state index contributed by atoms with van der Waals surface area (Å²) in [5, 5.41) is 7.59. The third-order valence-electron chi connectivity index (χ3n) is 2.50. The smallest absolute Gasteiger partial charge is 0.226 e.